The summed E-state index contributed by atoms with van der Waals surface area (Å²) >= 11 is -0.891. The van der Waals surface area contributed by atoms with Crippen LogP contribution in [0.25, 0.3) is 4.13 Å². The van der Waals surface area contributed by atoms with E-state index in [0.29, 0.717) is 12.4 Å². The fraction of sp³-hybridized carbons (Fsp3) is 0.250. The average Bonchev–Trinajstić information content (AvgIpc) is 2.74. The summed E-state index contributed by atoms with van der Waals surface area (Å²) in [5.74, 6) is 0.464. The van der Waals surface area contributed by atoms with Gasteiger partial charge in [-0.15, -0.1) is 0 Å². The minimum Gasteiger partial charge on any atom is -0.369 e. The van der Waals surface area contributed by atoms with E-state index < -0.39 is 21.1 Å². The molecule has 3 aromatic carbocycles. The average molecular weight is 442 g/mol. The highest BCUT2D eigenvalue weighted by Crippen LogP contribution is 2.32. The molecule has 3 rings (SSSR count). The van der Waals surface area contributed by atoms with Crippen molar-refractivity contribution < 1.29 is 13.2 Å². The summed E-state index contributed by atoms with van der Waals surface area (Å²) in [7, 11) is -3.80. The molecule has 158 valence electrons. The van der Waals surface area contributed by atoms with Crippen molar-refractivity contribution >= 4 is 21.1 Å². The lowest BCUT2D eigenvalue weighted by Gasteiger charge is -2.25. The van der Waals surface area contributed by atoms with Gasteiger partial charge in [-0.2, -0.15) is 0 Å². The van der Waals surface area contributed by atoms with Gasteiger partial charge in [-0.25, -0.2) is 8.42 Å². The van der Waals surface area contributed by atoms with Crippen molar-refractivity contribution in [3.63, 3.8) is 0 Å². The smallest absolute Gasteiger partial charge is 0.143 e. The van der Waals surface area contributed by atoms with Crippen molar-refractivity contribution in [2.45, 2.75) is 36.7 Å². The fourth-order valence-corrected chi connectivity index (χ4v) is 6.57. The summed E-state index contributed by atoms with van der Waals surface area (Å²) < 4.78 is 36.5. The van der Waals surface area contributed by atoms with E-state index in [1.807, 2.05) is 75.4 Å². The van der Waals surface area contributed by atoms with Crippen LogP contribution in [0.1, 0.15) is 29.7 Å². The molecule has 0 spiro atoms. The zero-order valence-electron chi connectivity index (χ0n) is 17.5. The number of hydrogen-bond acceptors (Lipinski definition) is 3. The van der Waals surface area contributed by atoms with E-state index in [4.69, 9.17) is 4.74 Å². The van der Waals surface area contributed by atoms with Crippen LogP contribution >= 0.6 is 0 Å². The SMILES string of the molecule is CCO[C@H](C[S+]([N-]S(=O)(=O)c1ccc(C)cc1)c1ccc(C)cc1)c1ccccc1. The van der Waals surface area contributed by atoms with Gasteiger partial charge in [0.2, 0.25) is 0 Å². The third-order valence-electron chi connectivity index (χ3n) is 4.65. The van der Waals surface area contributed by atoms with Crippen LogP contribution in [-0.2, 0) is 25.8 Å². The molecule has 0 fully saturated rings. The monoisotopic (exact) mass is 441 g/mol. The Kier molecular flexibility index (Phi) is 7.72. The molecule has 30 heavy (non-hydrogen) atoms. The predicted octanol–water partition coefficient (Wildman–Crippen LogP) is 5.74. The van der Waals surface area contributed by atoms with Crippen LogP contribution in [0.3, 0.4) is 0 Å². The second-order valence-corrected chi connectivity index (χ2v) is 10.6. The van der Waals surface area contributed by atoms with Crippen molar-refractivity contribution in [2.24, 2.45) is 0 Å². The van der Waals surface area contributed by atoms with Gasteiger partial charge in [0.05, 0.1) is 4.90 Å². The van der Waals surface area contributed by atoms with Gasteiger partial charge in [0.1, 0.15) is 26.8 Å². The van der Waals surface area contributed by atoms with Gasteiger partial charge in [-0.1, -0.05) is 65.7 Å². The maximum absolute atomic E-state index is 13.1. The number of aryl methyl sites for hydroxylation is 2. The topological polar surface area (TPSA) is 57.5 Å². The first-order valence-electron chi connectivity index (χ1n) is 9.88. The lowest BCUT2D eigenvalue weighted by Crippen LogP contribution is -2.20. The summed E-state index contributed by atoms with van der Waals surface area (Å²) in [4.78, 5) is 1.10. The van der Waals surface area contributed by atoms with Gasteiger partial charge in [0.25, 0.3) is 0 Å². The van der Waals surface area contributed by atoms with Gasteiger partial charge < -0.3 is 8.86 Å². The Morgan fingerprint density at radius 2 is 1.43 bits per heavy atom. The molecular weight excluding hydrogens is 414 g/mol. The first kappa shape index (κ1) is 22.6. The third kappa shape index (κ3) is 5.95. The lowest BCUT2D eigenvalue weighted by molar-refractivity contribution is 0.0794. The predicted molar refractivity (Wildman–Crippen MR) is 124 cm³/mol. The highest BCUT2D eigenvalue weighted by atomic mass is 32.3. The van der Waals surface area contributed by atoms with E-state index in [1.54, 1.807) is 24.3 Å². The summed E-state index contributed by atoms with van der Waals surface area (Å²) in [5, 5.41) is 0. The molecule has 0 aliphatic rings. The molecule has 0 amide bonds. The maximum Gasteiger partial charge on any atom is 0.143 e. The van der Waals surface area contributed by atoms with Crippen molar-refractivity contribution in [1.29, 1.82) is 0 Å². The van der Waals surface area contributed by atoms with Crippen LogP contribution < -0.4 is 0 Å². The number of ether oxygens (including phenoxy) is 1. The zero-order valence-corrected chi connectivity index (χ0v) is 19.1. The highest BCUT2D eigenvalue weighted by Gasteiger charge is 2.26. The largest absolute Gasteiger partial charge is 0.369 e. The fourth-order valence-electron chi connectivity index (χ4n) is 2.99. The van der Waals surface area contributed by atoms with Crippen molar-refractivity contribution in [3.05, 3.63) is 99.7 Å². The van der Waals surface area contributed by atoms with Crippen LogP contribution in [-0.4, -0.2) is 20.8 Å². The zero-order chi connectivity index (χ0) is 21.6. The highest BCUT2D eigenvalue weighted by molar-refractivity contribution is 8.14. The maximum atomic E-state index is 13.1. The first-order valence-corrected chi connectivity index (χ1v) is 12.7. The Bertz CT molecular complexity index is 1030. The molecule has 0 heterocycles. The normalized spacial score (nSPS) is 13.7. The van der Waals surface area contributed by atoms with E-state index in [9.17, 15) is 8.42 Å². The molecule has 3 aromatic rings. The molecule has 0 saturated carbocycles. The minimum absolute atomic E-state index is 0.213. The molecule has 0 N–H and O–H groups in total. The molecule has 0 aliphatic heterocycles. The Morgan fingerprint density at radius 3 is 2.00 bits per heavy atom. The summed E-state index contributed by atoms with van der Waals surface area (Å²) in [5.41, 5.74) is 3.15. The second kappa shape index (κ2) is 10.3. The van der Waals surface area contributed by atoms with Gasteiger partial charge in [-0.05, 0) is 61.7 Å². The molecule has 0 aliphatic carbocycles. The van der Waals surface area contributed by atoms with Crippen LogP contribution in [0.5, 0.6) is 0 Å². The second-order valence-electron chi connectivity index (χ2n) is 7.06. The van der Waals surface area contributed by atoms with Crippen LogP contribution in [0.15, 0.2) is 88.7 Å². The molecule has 0 aromatic heterocycles. The minimum atomic E-state index is -3.80. The van der Waals surface area contributed by atoms with Crippen molar-refractivity contribution in [3.8, 4) is 0 Å². The van der Waals surface area contributed by atoms with Crippen molar-refractivity contribution in [2.75, 3.05) is 12.4 Å². The first-order chi connectivity index (χ1) is 14.4. The van der Waals surface area contributed by atoms with Gasteiger partial charge >= 0.3 is 0 Å². The standard InChI is InChI=1S/C24H27NO3S2/c1-4-28-24(21-8-6-5-7-9-21)18-29(22-14-10-19(2)11-15-22)25-30(26,27)23-16-12-20(3)13-17-23/h5-17,24H,4,18H2,1-3H3/t24-,29?/m1/s1. The van der Waals surface area contributed by atoms with Crippen LogP contribution in [0.4, 0.5) is 0 Å². The molecule has 2 atom stereocenters. The lowest BCUT2D eigenvalue weighted by atomic mass is 10.1. The Balaban J connectivity index is 1.93. The number of rotatable bonds is 9. The summed E-state index contributed by atoms with van der Waals surface area (Å²) in [6.45, 7) is 6.42. The van der Waals surface area contributed by atoms with E-state index in [1.165, 1.54) is 0 Å². The third-order valence-corrected chi connectivity index (χ3v) is 8.46. The number of hydrogen-bond donors (Lipinski definition) is 0. The van der Waals surface area contributed by atoms with E-state index in [2.05, 4.69) is 4.13 Å². The van der Waals surface area contributed by atoms with E-state index in [-0.39, 0.29) is 11.0 Å². The van der Waals surface area contributed by atoms with Crippen LogP contribution in [0, 0.1) is 13.8 Å². The molecule has 4 nitrogen and oxygen atoms in total. The number of benzene rings is 3. The number of sulfonamides is 1. The number of nitrogens with zero attached hydrogens (tertiary/aromatic N) is 1. The quantitative estimate of drug-likeness (QED) is 0.398. The summed E-state index contributed by atoms with van der Waals surface area (Å²) in [6, 6.07) is 24.6. The Morgan fingerprint density at radius 1 is 0.867 bits per heavy atom. The molecule has 6 heteroatoms. The molecule has 1 unspecified atom stereocenters. The van der Waals surface area contributed by atoms with Crippen molar-refractivity contribution in [1.82, 2.24) is 0 Å². The summed E-state index contributed by atoms with van der Waals surface area (Å²) in [6.07, 6.45) is -0.238. The molecular formula is C24H27NO3S2. The van der Waals surface area contributed by atoms with Gasteiger partial charge in [0.15, 0.2) is 0 Å². The van der Waals surface area contributed by atoms with Gasteiger partial charge in [0, 0.05) is 6.61 Å². The van der Waals surface area contributed by atoms with Crippen LogP contribution in [0.2, 0.25) is 0 Å². The van der Waals surface area contributed by atoms with Gasteiger partial charge in [-0.3, -0.25) is 0 Å². The Hall–Kier alpha value is -2.12. The molecule has 0 bridgehead atoms. The van der Waals surface area contributed by atoms with E-state index >= 15 is 0 Å². The molecule has 0 radical (unpaired) electrons. The molecule has 0 saturated heterocycles. The Labute approximate surface area is 182 Å². The van der Waals surface area contributed by atoms with E-state index in [0.717, 1.165) is 21.6 Å².